The Morgan fingerprint density at radius 3 is 2.38 bits per heavy atom. The Morgan fingerprint density at radius 2 is 1.92 bits per heavy atom. The maximum atomic E-state index is 11.1. The molecule has 0 saturated carbocycles. The van der Waals surface area contributed by atoms with E-state index in [-0.39, 0.29) is 23.2 Å². The minimum atomic E-state index is -0.315. The van der Waals surface area contributed by atoms with E-state index >= 15 is 0 Å². The van der Waals surface area contributed by atoms with Gasteiger partial charge in [-0.3, -0.25) is 14.9 Å². The van der Waals surface area contributed by atoms with E-state index in [4.69, 9.17) is 0 Å². The largest absolute Gasteiger partial charge is 0.299 e. The Labute approximate surface area is 78.5 Å². The van der Waals surface area contributed by atoms with Crippen molar-refractivity contribution in [1.29, 1.82) is 0 Å². The monoisotopic (exact) mass is 187 g/mol. The lowest BCUT2D eigenvalue weighted by Gasteiger charge is -2.02. The average Bonchev–Trinajstić information content (AvgIpc) is 2.02. The van der Waals surface area contributed by atoms with E-state index < -0.39 is 0 Å². The van der Waals surface area contributed by atoms with Crippen LogP contribution in [0.4, 0.5) is 0 Å². The molecule has 0 unspecified atom stereocenters. The van der Waals surface area contributed by atoms with E-state index in [0.29, 0.717) is 12.8 Å². The SMILES string of the molecule is CC(C)C(=O)CCCCC[N+](=O)[O-]. The van der Waals surface area contributed by atoms with Gasteiger partial charge in [-0.05, 0) is 12.8 Å². The number of nitro groups is 1. The van der Waals surface area contributed by atoms with Crippen LogP contribution in [0.2, 0.25) is 0 Å². The molecule has 0 aliphatic heterocycles. The molecule has 0 aliphatic rings. The first-order valence-corrected chi connectivity index (χ1v) is 4.68. The van der Waals surface area contributed by atoms with Crippen molar-refractivity contribution in [3.63, 3.8) is 0 Å². The molecule has 0 aliphatic carbocycles. The quantitative estimate of drug-likeness (QED) is 0.348. The highest BCUT2D eigenvalue weighted by atomic mass is 16.6. The van der Waals surface area contributed by atoms with Crippen LogP contribution < -0.4 is 0 Å². The van der Waals surface area contributed by atoms with Gasteiger partial charge in [0.25, 0.3) is 0 Å². The molecule has 0 rings (SSSR count). The Balaban J connectivity index is 3.26. The van der Waals surface area contributed by atoms with Gasteiger partial charge in [0.05, 0.1) is 0 Å². The Kier molecular flexibility index (Phi) is 6.10. The number of hydrogen-bond donors (Lipinski definition) is 0. The third kappa shape index (κ3) is 7.43. The van der Waals surface area contributed by atoms with Gasteiger partial charge in [0.15, 0.2) is 0 Å². The first-order chi connectivity index (χ1) is 6.04. The summed E-state index contributed by atoms with van der Waals surface area (Å²) in [6, 6.07) is 0. The molecular formula is C9H17NO3. The Bertz CT molecular complexity index is 178. The van der Waals surface area contributed by atoms with Crippen molar-refractivity contribution < 1.29 is 9.72 Å². The fraction of sp³-hybridized carbons (Fsp3) is 0.889. The van der Waals surface area contributed by atoms with Crippen LogP contribution in [0.1, 0.15) is 39.5 Å². The van der Waals surface area contributed by atoms with E-state index in [2.05, 4.69) is 0 Å². The first kappa shape index (κ1) is 12.1. The molecule has 0 aromatic heterocycles. The molecule has 0 heterocycles. The number of carbonyl (C=O) groups is 1. The number of ketones is 1. The molecule has 4 nitrogen and oxygen atoms in total. The Hall–Kier alpha value is -0.930. The van der Waals surface area contributed by atoms with Crippen molar-refractivity contribution >= 4 is 5.78 Å². The van der Waals surface area contributed by atoms with Crippen LogP contribution in [-0.4, -0.2) is 17.3 Å². The molecule has 0 N–H and O–H groups in total. The molecule has 0 fully saturated rings. The predicted molar refractivity (Wildman–Crippen MR) is 50.2 cm³/mol. The summed E-state index contributed by atoms with van der Waals surface area (Å²) in [5, 5.41) is 9.94. The minimum Gasteiger partial charge on any atom is -0.299 e. The lowest BCUT2D eigenvalue weighted by Crippen LogP contribution is -2.06. The van der Waals surface area contributed by atoms with Crippen LogP contribution in [0, 0.1) is 16.0 Å². The summed E-state index contributed by atoms with van der Waals surface area (Å²) in [5.41, 5.74) is 0. The predicted octanol–water partition coefficient (Wildman–Crippen LogP) is 2.05. The normalized spacial score (nSPS) is 10.4. The second kappa shape index (κ2) is 6.57. The van der Waals surface area contributed by atoms with Gasteiger partial charge in [0, 0.05) is 23.7 Å². The zero-order valence-corrected chi connectivity index (χ0v) is 8.28. The average molecular weight is 187 g/mol. The molecule has 13 heavy (non-hydrogen) atoms. The zero-order valence-electron chi connectivity index (χ0n) is 8.28. The van der Waals surface area contributed by atoms with E-state index in [9.17, 15) is 14.9 Å². The van der Waals surface area contributed by atoms with Crippen LogP contribution in [-0.2, 0) is 4.79 Å². The van der Waals surface area contributed by atoms with E-state index in [1.807, 2.05) is 13.8 Å². The van der Waals surface area contributed by atoms with Gasteiger partial charge in [0.2, 0.25) is 6.54 Å². The molecule has 0 bridgehead atoms. The molecule has 0 atom stereocenters. The third-order valence-electron chi connectivity index (χ3n) is 1.91. The van der Waals surface area contributed by atoms with Crippen molar-refractivity contribution in [2.45, 2.75) is 39.5 Å². The van der Waals surface area contributed by atoms with Gasteiger partial charge in [-0.1, -0.05) is 13.8 Å². The van der Waals surface area contributed by atoms with E-state index in [0.717, 1.165) is 12.8 Å². The smallest absolute Gasteiger partial charge is 0.203 e. The van der Waals surface area contributed by atoms with E-state index in [1.54, 1.807) is 0 Å². The summed E-state index contributed by atoms with van der Waals surface area (Å²) >= 11 is 0. The molecule has 4 heteroatoms. The summed E-state index contributed by atoms with van der Waals surface area (Å²) in [6.45, 7) is 3.77. The van der Waals surface area contributed by atoms with Crippen molar-refractivity contribution in [3.8, 4) is 0 Å². The van der Waals surface area contributed by atoms with Crippen LogP contribution in [0.25, 0.3) is 0 Å². The molecule has 0 radical (unpaired) electrons. The fourth-order valence-electron chi connectivity index (χ4n) is 1.01. The van der Waals surface area contributed by atoms with Gasteiger partial charge in [-0.15, -0.1) is 0 Å². The number of carbonyl (C=O) groups excluding carboxylic acids is 1. The van der Waals surface area contributed by atoms with Gasteiger partial charge in [-0.2, -0.15) is 0 Å². The van der Waals surface area contributed by atoms with Crippen LogP contribution in [0.3, 0.4) is 0 Å². The maximum Gasteiger partial charge on any atom is 0.203 e. The van der Waals surface area contributed by atoms with Crippen molar-refractivity contribution in [3.05, 3.63) is 10.1 Å². The number of Topliss-reactive ketones (excluding diaryl/α,β-unsaturated/α-hetero) is 1. The second-order valence-corrected chi connectivity index (χ2v) is 3.49. The molecule has 76 valence electrons. The Morgan fingerprint density at radius 1 is 1.31 bits per heavy atom. The molecule has 0 spiro atoms. The summed E-state index contributed by atoms with van der Waals surface area (Å²) in [5.74, 6) is 0.344. The molecule has 0 amide bonds. The van der Waals surface area contributed by atoms with Gasteiger partial charge in [-0.25, -0.2) is 0 Å². The van der Waals surface area contributed by atoms with Crippen molar-refractivity contribution in [2.75, 3.05) is 6.54 Å². The highest BCUT2D eigenvalue weighted by Crippen LogP contribution is 2.05. The topological polar surface area (TPSA) is 60.2 Å². The van der Waals surface area contributed by atoms with E-state index in [1.165, 1.54) is 0 Å². The number of rotatable bonds is 7. The van der Waals surface area contributed by atoms with Gasteiger partial charge in [0.1, 0.15) is 5.78 Å². The van der Waals surface area contributed by atoms with Crippen LogP contribution in [0.5, 0.6) is 0 Å². The van der Waals surface area contributed by atoms with Crippen molar-refractivity contribution in [2.24, 2.45) is 5.92 Å². The summed E-state index contributed by atoms with van der Waals surface area (Å²) in [4.78, 5) is 20.7. The standard InChI is InChI=1S/C9H17NO3/c1-8(2)9(11)6-4-3-5-7-10(12)13/h8H,3-7H2,1-2H3. The highest BCUT2D eigenvalue weighted by molar-refractivity contribution is 5.80. The number of hydrogen-bond acceptors (Lipinski definition) is 3. The molecule has 0 aromatic carbocycles. The summed E-state index contributed by atoms with van der Waals surface area (Å²) < 4.78 is 0. The number of unbranched alkanes of at least 4 members (excludes halogenated alkanes) is 2. The van der Waals surface area contributed by atoms with Crippen LogP contribution in [0.15, 0.2) is 0 Å². The second-order valence-electron chi connectivity index (χ2n) is 3.49. The highest BCUT2D eigenvalue weighted by Gasteiger charge is 2.06. The molecular weight excluding hydrogens is 170 g/mol. The lowest BCUT2D eigenvalue weighted by atomic mass is 10.0. The summed E-state index contributed by atoms with van der Waals surface area (Å²) in [7, 11) is 0. The fourth-order valence-corrected chi connectivity index (χ4v) is 1.01. The van der Waals surface area contributed by atoms with Gasteiger partial charge >= 0.3 is 0 Å². The zero-order chi connectivity index (χ0) is 10.3. The molecule has 0 aromatic rings. The maximum absolute atomic E-state index is 11.1. The number of nitrogens with zero attached hydrogens (tertiary/aromatic N) is 1. The van der Waals surface area contributed by atoms with Gasteiger partial charge < -0.3 is 0 Å². The minimum absolute atomic E-state index is 0.0237. The van der Waals surface area contributed by atoms with Crippen molar-refractivity contribution in [1.82, 2.24) is 0 Å². The van der Waals surface area contributed by atoms with Crippen LogP contribution >= 0.6 is 0 Å². The first-order valence-electron chi connectivity index (χ1n) is 4.68. The lowest BCUT2D eigenvalue weighted by molar-refractivity contribution is -0.480. The summed E-state index contributed by atoms with van der Waals surface area (Å²) in [6.07, 6.45) is 2.71. The third-order valence-corrected chi connectivity index (χ3v) is 1.91. The molecule has 0 saturated heterocycles.